The van der Waals surface area contributed by atoms with Crippen molar-refractivity contribution in [3.63, 3.8) is 0 Å². The number of hydrogen-bond donors (Lipinski definition) is 1. The average Bonchev–Trinajstić information content (AvgIpc) is 3.81. The van der Waals surface area contributed by atoms with Gasteiger partial charge in [0.2, 0.25) is 5.91 Å². The molecule has 0 atom stereocenters. The van der Waals surface area contributed by atoms with Crippen LogP contribution in [0.3, 0.4) is 0 Å². The number of carbonyl (C=O) groups excluding carboxylic acids is 3. The van der Waals surface area contributed by atoms with Gasteiger partial charge in [-0.3, -0.25) is 24.0 Å². The van der Waals surface area contributed by atoms with Crippen LogP contribution in [-0.4, -0.2) is 105 Å². The lowest BCUT2D eigenvalue weighted by molar-refractivity contribution is -0.133. The number of likely N-dealkylation sites (tertiary alicyclic amines) is 1. The molecule has 250 valence electrons. The van der Waals surface area contributed by atoms with Crippen LogP contribution < -0.4 is 10.1 Å². The van der Waals surface area contributed by atoms with Crippen molar-refractivity contribution in [2.24, 2.45) is 5.92 Å². The minimum absolute atomic E-state index is 0.114. The van der Waals surface area contributed by atoms with E-state index in [0.717, 1.165) is 45.7 Å². The summed E-state index contributed by atoms with van der Waals surface area (Å²) in [4.78, 5) is 47.3. The lowest BCUT2D eigenvalue weighted by Gasteiger charge is -2.36. The number of thiophene rings is 1. The summed E-state index contributed by atoms with van der Waals surface area (Å²) in [6, 6.07) is 6.25. The summed E-state index contributed by atoms with van der Waals surface area (Å²) < 4.78 is 41.1. The zero-order chi connectivity index (χ0) is 33.2. The van der Waals surface area contributed by atoms with Crippen LogP contribution in [0.4, 0.5) is 14.5 Å². The molecule has 4 aromatic heterocycles. The zero-order valence-corrected chi connectivity index (χ0v) is 26.6. The lowest BCUT2D eigenvalue weighted by atomic mass is 9.96. The number of morpholine rings is 1. The molecule has 0 saturated carbocycles. The molecule has 48 heavy (non-hydrogen) atoms. The summed E-state index contributed by atoms with van der Waals surface area (Å²) >= 11 is 1.18. The van der Waals surface area contributed by atoms with Crippen LogP contribution in [0.5, 0.6) is 5.75 Å². The van der Waals surface area contributed by atoms with Gasteiger partial charge >= 0.3 is 6.61 Å². The number of aromatic nitrogens is 5. The number of halogens is 2. The maximum absolute atomic E-state index is 13.6. The van der Waals surface area contributed by atoms with E-state index in [9.17, 15) is 23.2 Å². The molecule has 0 radical (unpaired) electrons. The largest absolute Gasteiger partial charge is 0.434 e. The second kappa shape index (κ2) is 13.7. The third-order valence-corrected chi connectivity index (χ3v) is 9.67. The normalized spacial score (nSPS) is 16.2. The number of carbonyl (C=O) groups is 3. The maximum atomic E-state index is 13.6. The first-order valence-corrected chi connectivity index (χ1v) is 16.4. The van der Waals surface area contributed by atoms with Crippen molar-refractivity contribution in [1.29, 1.82) is 0 Å². The topological polar surface area (TPSA) is 136 Å². The Morgan fingerprint density at radius 1 is 1.15 bits per heavy atom. The number of nitrogens with zero attached hydrogens (tertiary/aromatic N) is 7. The van der Waals surface area contributed by atoms with Crippen molar-refractivity contribution in [3.05, 3.63) is 59.5 Å². The van der Waals surface area contributed by atoms with Crippen LogP contribution in [-0.2, 0) is 16.1 Å². The molecule has 2 aliphatic heterocycles. The number of aldehydes is 1. The van der Waals surface area contributed by atoms with Gasteiger partial charge in [0.1, 0.15) is 23.6 Å². The Kier molecular flexibility index (Phi) is 9.10. The molecule has 2 saturated heterocycles. The van der Waals surface area contributed by atoms with Crippen LogP contribution >= 0.6 is 11.3 Å². The predicted molar refractivity (Wildman–Crippen MR) is 173 cm³/mol. The fourth-order valence-electron chi connectivity index (χ4n) is 6.25. The molecule has 2 fully saturated rings. The number of anilines is 1. The van der Waals surface area contributed by atoms with Gasteiger partial charge in [0.15, 0.2) is 11.9 Å². The highest BCUT2D eigenvalue weighted by atomic mass is 32.1. The molecule has 5 aromatic rings. The van der Waals surface area contributed by atoms with Gasteiger partial charge in [-0.25, -0.2) is 9.50 Å². The van der Waals surface area contributed by atoms with Gasteiger partial charge in [-0.15, -0.1) is 11.3 Å². The summed E-state index contributed by atoms with van der Waals surface area (Å²) in [5, 5.41) is 12.1. The third-order valence-electron chi connectivity index (χ3n) is 8.64. The molecule has 2 aliphatic rings. The molecular weight excluding hydrogens is 646 g/mol. The number of fused-ring (bicyclic) bond motifs is 2. The Balaban J connectivity index is 1.17. The first kappa shape index (κ1) is 31.8. The lowest BCUT2D eigenvalue weighted by Crippen LogP contribution is -2.45. The van der Waals surface area contributed by atoms with Crippen molar-refractivity contribution < 1.29 is 32.6 Å². The molecule has 0 bridgehead atoms. The van der Waals surface area contributed by atoms with Crippen LogP contribution in [0.15, 0.2) is 49.1 Å². The van der Waals surface area contributed by atoms with E-state index in [-0.39, 0.29) is 40.7 Å². The fourth-order valence-corrected chi connectivity index (χ4v) is 7.15. The summed E-state index contributed by atoms with van der Waals surface area (Å²) in [6.07, 6.45) is 8.51. The van der Waals surface area contributed by atoms with Crippen molar-refractivity contribution in [2.75, 3.05) is 51.3 Å². The van der Waals surface area contributed by atoms with E-state index < -0.39 is 12.5 Å². The van der Waals surface area contributed by atoms with Gasteiger partial charge in [-0.1, -0.05) is 0 Å². The van der Waals surface area contributed by atoms with Gasteiger partial charge in [0, 0.05) is 61.6 Å². The van der Waals surface area contributed by atoms with Crippen molar-refractivity contribution in [1.82, 2.24) is 34.2 Å². The van der Waals surface area contributed by atoms with Crippen LogP contribution in [0.25, 0.3) is 27.0 Å². The molecule has 1 aromatic carbocycles. The van der Waals surface area contributed by atoms with E-state index in [1.165, 1.54) is 45.2 Å². The first-order chi connectivity index (χ1) is 23.3. The second-order valence-electron chi connectivity index (χ2n) is 11.8. The standard InChI is InChI=1S/C32H32F2N8O5S/c33-32(34)47-26-13-21-12-22(19-43)48-27(21)14-23(26)29-25(37-31(45)24-15-36-42-5-1-4-35-30(24)42)17-41(38-29)18-28(44)40-6-2-20(3-7-40)16-39-8-10-46-11-9-39/h1,4-5,12-15,17,19-20,32H,2-3,6-11,16,18H2,(H,37,45). The maximum Gasteiger partial charge on any atom is 0.387 e. The van der Waals surface area contributed by atoms with E-state index in [4.69, 9.17) is 9.47 Å². The number of piperidine rings is 1. The fraction of sp³-hybridized carbons (Fsp3) is 0.375. The summed E-state index contributed by atoms with van der Waals surface area (Å²) in [7, 11) is 0. The number of alkyl halides is 2. The summed E-state index contributed by atoms with van der Waals surface area (Å²) in [6.45, 7) is 2.30. The Bertz CT molecular complexity index is 1960. The first-order valence-electron chi connectivity index (χ1n) is 15.6. The Labute approximate surface area is 277 Å². The zero-order valence-electron chi connectivity index (χ0n) is 25.8. The van der Waals surface area contributed by atoms with Gasteiger partial charge in [0.05, 0.1) is 30.0 Å². The minimum atomic E-state index is -3.15. The molecule has 16 heteroatoms. The van der Waals surface area contributed by atoms with Crippen LogP contribution in [0.1, 0.15) is 32.9 Å². The van der Waals surface area contributed by atoms with Gasteiger partial charge in [-0.2, -0.15) is 19.0 Å². The summed E-state index contributed by atoms with van der Waals surface area (Å²) in [5.74, 6) is -0.401. The number of ether oxygens (including phenoxy) is 2. The molecule has 6 heterocycles. The molecule has 0 aliphatic carbocycles. The van der Waals surface area contributed by atoms with Crippen LogP contribution in [0, 0.1) is 5.92 Å². The Morgan fingerprint density at radius 3 is 2.73 bits per heavy atom. The van der Waals surface area contributed by atoms with Crippen molar-refractivity contribution >= 4 is 50.9 Å². The Hall–Kier alpha value is -4.80. The molecule has 2 amide bonds. The highest BCUT2D eigenvalue weighted by Gasteiger charge is 2.27. The minimum Gasteiger partial charge on any atom is -0.434 e. The highest BCUT2D eigenvalue weighted by Crippen LogP contribution is 2.40. The molecule has 13 nitrogen and oxygen atoms in total. The van der Waals surface area contributed by atoms with Gasteiger partial charge in [-0.05, 0) is 48.4 Å². The number of benzene rings is 1. The van der Waals surface area contributed by atoms with Gasteiger partial charge < -0.3 is 19.7 Å². The van der Waals surface area contributed by atoms with E-state index in [0.29, 0.717) is 45.9 Å². The monoisotopic (exact) mass is 678 g/mol. The SMILES string of the molecule is O=Cc1cc2cc(OC(F)F)c(-c3nn(CC(=O)N4CCC(CN5CCOCC5)CC4)cc3NC(=O)c3cnn4cccnc34)cc2s1. The highest BCUT2D eigenvalue weighted by molar-refractivity contribution is 7.20. The molecule has 1 N–H and O–H groups in total. The van der Waals surface area contributed by atoms with Crippen molar-refractivity contribution in [2.45, 2.75) is 26.0 Å². The van der Waals surface area contributed by atoms with E-state index in [2.05, 4.69) is 25.4 Å². The second-order valence-corrected chi connectivity index (χ2v) is 12.9. The van der Waals surface area contributed by atoms with E-state index in [1.807, 2.05) is 4.90 Å². The average molecular weight is 679 g/mol. The molecule has 0 spiro atoms. The van der Waals surface area contributed by atoms with Crippen molar-refractivity contribution in [3.8, 4) is 17.0 Å². The van der Waals surface area contributed by atoms with Gasteiger partial charge in [0.25, 0.3) is 5.91 Å². The number of nitrogens with one attached hydrogen (secondary N) is 1. The number of amides is 2. The predicted octanol–water partition coefficient (Wildman–Crippen LogP) is 4.04. The Morgan fingerprint density at radius 2 is 1.96 bits per heavy atom. The smallest absolute Gasteiger partial charge is 0.387 e. The molecular formula is C32H32F2N8O5S. The van der Waals surface area contributed by atoms with Crippen LogP contribution in [0.2, 0.25) is 0 Å². The number of hydrogen-bond acceptors (Lipinski definition) is 10. The molecule has 7 rings (SSSR count). The molecule has 0 unspecified atom stereocenters. The summed E-state index contributed by atoms with van der Waals surface area (Å²) in [5.41, 5.74) is 0.935. The van der Waals surface area contributed by atoms with E-state index >= 15 is 0 Å². The van der Waals surface area contributed by atoms with E-state index in [1.54, 1.807) is 24.4 Å². The number of rotatable bonds is 10. The third kappa shape index (κ3) is 6.77. The quantitative estimate of drug-likeness (QED) is 0.217.